The van der Waals surface area contributed by atoms with E-state index in [2.05, 4.69) is 12.2 Å². The standard InChI is InChI=1S/C10H21NO/c1-9-8-10(9)11-6-4-2-3-5-7-12/h9-12H,2-8H2,1H3. The van der Waals surface area contributed by atoms with Gasteiger partial charge in [-0.3, -0.25) is 0 Å². The Morgan fingerprint density at radius 1 is 1.25 bits per heavy atom. The number of nitrogens with one attached hydrogen (secondary N) is 1. The second-order valence-electron chi connectivity index (χ2n) is 3.91. The second-order valence-corrected chi connectivity index (χ2v) is 3.91. The fourth-order valence-electron chi connectivity index (χ4n) is 1.48. The van der Waals surface area contributed by atoms with E-state index in [9.17, 15) is 0 Å². The molecule has 0 amide bonds. The van der Waals surface area contributed by atoms with Gasteiger partial charge in [-0.25, -0.2) is 0 Å². The first-order valence-electron chi connectivity index (χ1n) is 5.19. The Kier molecular flexibility index (Phi) is 4.62. The number of rotatable bonds is 7. The average Bonchev–Trinajstić information content (AvgIpc) is 2.74. The molecule has 2 atom stereocenters. The Morgan fingerprint density at radius 2 is 1.92 bits per heavy atom. The lowest BCUT2D eigenvalue weighted by Gasteiger charge is -2.02. The van der Waals surface area contributed by atoms with Gasteiger partial charge in [-0.2, -0.15) is 0 Å². The minimum absolute atomic E-state index is 0.354. The summed E-state index contributed by atoms with van der Waals surface area (Å²) in [7, 11) is 0. The number of aliphatic hydroxyl groups is 1. The first-order chi connectivity index (χ1) is 5.84. The highest BCUT2D eigenvalue weighted by Gasteiger charge is 2.31. The van der Waals surface area contributed by atoms with Gasteiger partial charge in [0.05, 0.1) is 0 Å². The zero-order valence-electron chi connectivity index (χ0n) is 8.05. The zero-order chi connectivity index (χ0) is 8.81. The van der Waals surface area contributed by atoms with Crippen LogP contribution >= 0.6 is 0 Å². The third kappa shape index (κ3) is 4.07. The molecule has 2 N–H and O–H groups in total. The van der Waals surface area contributed by atoms with Crippen molar-refractivity contribution < 1.29 is 5.11 Å². The van der Waals surface area contributed by atoms with E-state index in [0.717, 1.165) is 18.4 Å². The van der Waals surface area contributed by atoms with Crippen LogP contribution in [0.25, 0.3) is 0 Å². The van der Waals surface area contributed by atoms with Crippen molar-refractivity contribution in [3.05, 3.63) is 0 Å². The van der Waals surface area contributed by atoms with Crippen molar-refractivity contribution in [3.63, 3.8) is 0 Å². The maximum absolute atomic E-state index is 8.54. The van der Waals surface area contributed by atoms with Crippen LogP contribution < -0.4 is 5.32 Å². The van der Waals surface area contributed by atoms with Crippen molar-refractivity contribution in [1.82, 2.24) is 5.32 Å². The van der Waals surface area contributed by atoms with Crippen LogP contribution in [-0.4, -0.2) is 24.3 Å². The molecule has 0 aromatic heterocycles. The smallest absolute Gasteiger partial charge is 0.0431 e. The molecule has 2 heteroatoms. The van der Waals surface area contributed by atoms with Crippen LogP contribution in [0.3, 0.4) is 0 Å². The van der Waals surface area contributed by atoms with Crippen LogP contribution in [0.15, 0.2) is 0 Å². The normalized spacial score (nSPS) is 27.5. The molecule has 0 saturated heterocycles. The molecular formula is C10H21NO. The van der Waals surface area contributed by atoms with Crippen LogP contribution in [-0.2, 0) is 0 Å². The van der Waals surface area contributed by atoms with Crippen molar-refractivity contribution >= 4 is 0 Å². The summed E-state index contributed by atoms with van der Waals surface area (Å²) in [5.74, 6) is 0.919. The van der Waals surface area contributed by atoms with Crippen molar-refractivity contribution in [2.24, 2.45) is 5.92 Å². The van der Waals surface area contributed by atoms with E-state index in [-0.39, 0.29) is 0 Å². The molecule has 0 aromatic carbocycles. The minimum atomic E-state index is 0.354. The second kappa shape index (κ2) is 5.55. The van der Waals surface area contributed by atoms with E-state index in [1.165, 1.54) is 32.2 Å². The van der Waals surface area contributed by atoms with Crippen LogP contribution in [0.4, 0.5) is 0 Å². The predicted octanol–water partition coefficient (Wildman–Crippen LogP) is 1.54. The Bertz CT molecular complexity index is 116. The molecule has 2 unspecified atom stereocenters. The predicted molar refractivity (Wildman–Crippen MR) is 51.1 cm³/mol. The van der Waals surface area contributed by atoms with Gasteiger partial charge in [0.1, 0.15) is 0 Å². The van der Waals surface area contributed by atoms with Gasteiger partial charge in [-0.15, -0.1) is 0 Å². The molecule has 12 heavy (non-hydrogen) atoms. The summed E-state index contributed by atoms with van der Waals surface area (Å²) >= 11 is 0. The summed E-state index contributed by atoms with van der Waals surface area (Å²) in [4.78, 5) is 0. The third-order valence-electron chi connectivity index (χ3n) is 2.60. The van der Waals surface area contributed by atoms with Gasteiger partial charge in [-0.1, -0.05) is 19.8 Å². The maximum Gasteiger partial charge on any atom is 0.0431 e. The number of aliphatic hydroxyl groups excluding tert-OH is 1. The van der Waals surface area contributed by atoms with Crippen molar-refractivity contribution in [3.8, 4) is 0 Å². The van der Waals surface area contributed by atoms with E-state index >= 15 is 0 Å². The van der Waals surface area contributed by atoms with Crippen LogP contribution in [0.5, 0.6) is 0 Å². The maximum atomic E-state index is 8.54. The molecule has 0 heterocycles. The van der Waals surface area contributed by atoms with Crippen LogP contribution in [0.1, 0.15) is 39.0 Å². The van der Waals surface area contributed by atoms with Gasteiger partial charge in [0, 0.05) is 12.6 Å². The highest BCUT2D eigenvalue weighted by atomic mass is 16.2. The molecule has 0 bridgehead atoms. The molecule has 0 aliphatic heterocycles. The van der Waals surface area contributed by atoms with Crippen LogP contribution in [0.2, 0.25) is 0 Å². The first kappa shape index (κ1) is 10.0. The summed E-state index contributed by atoms with van der Waals surface area (Å²) in [6.45, 7) is 3.82. The summed E-state index contributed by atoms with van der Waals surface area (Å²) in [6, 6.07) is 0.822. The van der Waals surface area contributed by atoms with E-state index in [1.54, 1.807) is 0 Å². The van der Waals surface area contributed by atoms with Gasteiger partial charge in [0.15, 0.2) is 0 Å². The molecule has 2 nitrogen and oxygen atoms in total. The van der Waals surface area contributed by atoms with Crippen molar-refractivity contribution in [2.45, 2.75) is 45.1 Å². The summed E-state index contributed by atoms with van der Waals surface area (Å²) in [6.07, 6.45) is 6.05. The molecular weight excluding hydrogens is 150 g/mol. The van der Waals surface area contributed by atoms with Crippen LogP contribution in [0, 0.1) is 5.92 Å². The summed E-state index contributed by atoms with van der Waals surface area (Å²) < 4.78 is 0. The molecule has 1 rings (SSSR count). The molecule has 0 spiro atoms. The summed E-state index contributed by atoms with van der Waals surface area (Å²) in [5.41, 5.74) is 0. The zero-order valence-corrected chi connectivity index (χ0v) is 8.05. The lowest BCUT2D eigenvalue weighted by molar-refractivity contribution is 0.282. The van der Waals surface area contributed by atoms with E-state index in [0.29, 0.717) is 6.61 Å². The number of hydrogen-bond donors (Lipinski definition) is 2. The SMILES string of the molecule is CC1CC1NCCCCCCO. The minimum Gasteiger partial charge on any atom is -0.396 e. The molecule has 1 aliphatic rings. The topological polar surface area (TPSA) is 32.3 Å². The Labute approximate surface area is 75.4 Å². The van der Waals surface area contributed by atoms with E-state index in [1.807, 2.05) is 0 Å². The van der Waals surface area contributed by atoms with Gasteiger partial charge in [-0.05, 0) is 31.7 Å². The van der Waals surface area contributed by atoms with Gasteiger partial charge in [0.25, 0.3) is 0 Å². The molecule has 0 radical (unpaired) electrons. The number of hydrogen-bond acceptors (Lipinski definition) is 2. The highest BCUT2D eigenvalue weighted by Crippen LogP contribution is 2.28. The van der Waals surface area contributed by atoms with Crippen molar-refractivity contribution in [2.75, 3.05) is 13.2 Å². The Balaban J connectivity index is 1.72. The molecule has 72 valence electrons. The molecule has 1 saturated carbocycles. The van der Waals surface area contributed by atoms with E-state index < -0.39 is 0 Å². The fourth-order valence-corrected chi connectivity index (χ4v) is 1.48. The summed E-state index contributed by atoms with van der Waals surface area (Å²) in [5, 5.41) is 12.1. The number of unbranched alkanes of at least 4 members (excludes halogenated alkanes) is 3. The molecule has 1 aliphatic carbocycles. The van der Waals surface area contributed by atoms with Gasteiger partial charge in [0.2, 0.25) is 0 Å². The molecule has 0 aromatic rings. The first-order valence-corrected chi connectivity index (χ1v) is 5.19. The van der Waals surface area contributed by atoms with Gasteiger partial charge < -0.3 is 10.4 Å². The van der Waals surface area contributed by atoms with Crippen molar-refractivity contribution in [1.29, 1.82) is 0 Å². The monoisotopic (exact) mass is 171 g/mol. The highest BCUT2D eigenvalue weighted by molar-refractivity contribution is 4.89. The largest absolute Gasteiger partial charge is 0.396 e. The van der Waals surface area contributed by atoms with E-state index in [4.69, 9.17) is 5.11 Å². The lowest BCUT2D eigenvalue weighted by Crippen LogP contribution is -2.18. The molecule has 1 fully saturated rings. The quantitative estimate of drug-likeness (QED) is 0.569. The average molecular weight is 171 g/mol. The van der Waals surface area contributed by atoms with Gasteiger partial charge >= 0.3 is 0 Å². The third-order valence-corrected chi connectivity index (χ3v) is 2.60. The Hall–Kier alpha value is -0.0800. The Morgan fingerprint density at radius 3 is 2.50 bits per heavy atom. The lowest BCUT2D eigenvalue weighted by atomic mass is 10.2. The fraction of sp³-hybridized carbons (Fsp3) is 1.00.